The van der Waals surface area contributed by atoms with Crippen molar-refractivity contribution in [1.29, 1.82) is 0 Å². The highest BCUT2D eigenvalue weighted by Gasteiger charge is 2.09. The molecule has 0 amide bonds. The lowest BCUT2D eigenvalue weighted by atomic mass is 10.2. The Morgan fingerprint density at radius 2 is 2.00 bits per heavy atom. The molecule has 3 aromatic rings. The number of rotatable bonds is 2. The van der Waals surface area contributed by atoms with Crippen LogP contribution in [0.2, 0.25) is 0 Å². The molecule has 5 heteroatoms. The summed E-state index contributed by atoms with van der Waals surface area (Å²) in [6.45, 7) is 0. The fraction of sp³-hybridized carbons (Fsp3) is 0. The van der Waals surface area contributed by atoms with Gasteiger partial charge < -0.3 is 10.2 Å². The zero-order valence-electron chi connectivity index (χ0n) is 9.82. The highest BCUT2D eigenvalue weighted by molar-refractivity contribution is 5.92. The van der Waals surface area contributed by atoms with Crippen LogP contribution in [0.15, 0.2) is 48.8 Å². The summed E-state index contributed by atoms with van der Waals surface area (Å²) in [4.78, 5) is 15.1. The van der Waals surface area contributed by atoms with Crippen molar-refractivity contribution in [3.63, 3.8) is 0 Å². The molecule has 1 heterocycles. The number of nitrogens with zero attached hydrogens (tertiary/aromatic N) is 2. The van der Waals surface area contributed by atoms with Crippen LogP contribution >= 0.6 is 0 Å². The number of aromatic carboxylic acids is 1. The van der Waals surface area contributed by atoms with Gasteiger partial charge in [-0.25, -0.2) is 9.78 Å². The molecule has 0 fully saturated rings. The Labute approximate surface area is 108 Å². The van der Waals surface area contributed by atoms with Gasteiger partial charge in [0.05, 0.1) is 22.3 Å². The van der Waals surface area contributed by atoms with Gasteiger partial charge >= 0.3 is 5.97 Å². The van der Waals surface area contributed by atoms with Crippen LogP contribution in [0.5, 0.6) is 5.75 Å². The Morgan fingerprint density at radius 1 is 1.16 bits per heavy atom. The molecular weight excluding hydrogens is 244 g/mol. The third-order valence-electron chi connectivity index (χ3n) is 2.90. The molecule has 0 aliphatic heterocycles. The van der Waals surface area contributed by atoms with Gasteiger partial charge in [0.15, 0.2) is 0 Å². The quantitative estimate of drug-likeness (QED) is 0.736. The van der Waals surface area contributed by atoms with Crippen LogP contribution in [0.25, 0.3) is 16.7 Å². The van der Waals surface area contributed by atoms with Crippen LogP contribution < -0.4 is 0 Å². The largest absolute Gasteiger partial charge is 0.508 e. The molecule has 3 rings (SSSR count). The maximum atomic E-state index is 10.9. The van der Waals surface area contributed by atoms with Gasteiger partial charge in [0.1, 0.15) is 12.1 Å². The minimum atomic E-state index is -0.978. The number of benzene rings is 2. The summed E-state index contributed by atoms with van der Waals surface area (Å²) in [7, 11) is 0. The molecule has 19 heavy (non-hydrogen) atoms. The molecular formula is C14H10N2O3. The number of phenolic OH excluding ortho intramolecular Hbond substituents is 1. The van der Waals surface area contributed by atoms with E-state index < -0.39 is 5.97 Å². The smallest absolute Gasteiger partial charge is 0.335 e. The molecule has 0 unspecified atom stereocenters. The molecule has 1 aromatic heterocycles. The second-order valence-electron chi connectivity index (χ2n) is 4.14. The number of fused-ring (bicyclic) bond motifs is 1. The lowest BCUT2D eigenvalue weighted by Gasteiger charge is -2.04. The highest BCUT2D eigenvalue weighted by Crippen LogP contribution is 2.21. The van der Waals surface area contributed by atoms with E-state index >= 15 is 0 Å². The molecule has 0 saturated heterocycles. The first-order valence-corrected chi connectivity index (χ1v) is 5.65. The Balaban J connectivity index is 2.18. The average molecular weight is 254 g/mol. The number of aromatic nitrogens is 2. The Morgan fingerprint density at radius 3 is 2.74 bits per heavy atom. The summed E-state index contributed by atoms with van der Waals surface area (Å²) in [5, 5.41) is 18.4. The van der Waals surface area contributed by atoms with Crippen LogP contribution in [0.4, 0.5) is 0 Å². The van der Waals surface area contributed by atoms with Crippen molar-refractivity contribution in [2.75, 3.05) is 0 Å². The molecule has 0 radical (unpaired) electrons. The van der Waals surface area contributed by atoms with Crippen molar-refractivity contribution < 1.29 is 15.0 Å². The van der Waals surface area contributed by atoms with Gasteiger partial charge in [0.25, 0.3) is 0 Å². The van der Waals surface area contributed by atoms with Crippen molar-refractivity contribution in [3.05, 3.63) is 54.4 Å². The summed E-state index contributed by atoms with van der Waals surface area (Å²) < 4.78 is 1.79. The van der Waals surface area contributed by atoms with Gasteiger partial charge in [-0.1, -0.05) is 6.07 Å². The summed E-state index contributed by atoms with van der Waals surface area (Å²) in [5.74, 6) is -0.810. The monoisotopic (exact) mass is 254 g/mol. The van der Waals surface area contributed by atoms with Crippen molar-refractivity contribution in [3.8, 4) is 11.4 Å². The molecule has 0 saturated carbocycles. The predicted molar refractivity (Wildman–Crippen MR) is 69.7 cm³/mol. The van der Waals surface area contributed by atoms with E-state index in [4.69, 9.17) is 5.11 Å². The van der Waals surface area contributed by atoms with Gasteiger partial charge in [0.2, 0.25) is 0 Å². The van der Waals surface area contributed by atoms with E-state index in [1.54, 1.807) is 35.2 Å². The molecule has 0 aliphatic carbocycles. The number of aromatic hydroxyl groups is 1. The minimum absolute atomic E-state index is 0.168. The van der Waals surface area contributed by atoms with Gasteiger partial charge in [0, 0.05) is 6.07 Å². The van der Waals surface area contributed by atoms with E-state index in [2.05, 4.69) is 4.98 Å². The fourth-order valence-electron chi connectivity index (χ4n) is 1.99. The maximum absolute atomic E-state index is 10.9. The number of carboxylic acids is 1. The van der Waals surface area contributed by atoms with Crippen LogP contribution in [0, 0.1) is 0 Å². The molecule has 5 nitrogen and oxygen atoms in total. The standard InChI is InChI=1S/C14H10N2O3/c17-11-3-1-2-10(7-11)16-8-15-12-6-9(14(18)19)4-5-13(12)16/h1-8,17H,(H,18,19). The van der Waals surface area contributed by atoms with Gasteiger partial charge in [-0.15, -0.1) is 0 Å². The van der Waals surface area contributed by atoms with Crippen molar-refractivity contribution in [2.45, 2.75) is 0 Å². The Hall–Kier alpha value is -2.82. The third-order valence-corrected chi connectivity index (χ3v) is 2.90. The van der Waals surface area contributed by atoms with E-state index in [0.29, 0.717) is 5.52 Å². The zero-order chi connectivity index (χ0) is 13.4. The number of hydrogen-bond donors (Lipinski definition) is 2. The van der Waals surface area contributed by atoms with Gasteiger partial charge in [-0.05, 0) is 30.3 Å². The van der Waals surface area contributed by atoms with Crippen molar-refractivity contribution >= 4 is 17.0 Å². The molecule has 2 aromatic carbocycles. The Kier molecular flexibility index (Phi) is 2.45. The lowest BCUT2D eigenvalue weighted by molar-refractivity contribution is 0.0697. The first-order valence-electron chi connectivity index (χ1n) is 5.65. The van der Waals surface area contributed by atoms with Crippen molar-refractivity contribution in [1.82, 2.24) is 9.55 Å². The first-order chi connectivity index (χ1) is 9.15. The maximum Gasteiger partial charge on any atom is 0.335 e. The second-order valence-corrected chi connectivity index (χ2v) is 4.14. The lowest BCUT2D eigenvalue weighted by Crippen LogP contribution is -1.96. The van der Waals surface area contributed by atoms with E-state index in [-0.39, 0.29) is 11.3 Å². The highest BCUT2D eigenvalue weighted by atomic mass is 16.4. The summed E-state index contributed by atoms with van der Waals surface area (Å²) in [5.41, 5.74) is 2.36. The van der Waals surface area contributed by atoms with Crippen LogP contribution in [0.1, 0.15) is 10.4 Å². The number of imidazole rings is 1. The van der Waals surface area contributed by atoms with Crippen LogP contribution in [-0.2, 0) is 0 Å². The second kappa shape index (κ2) is 4.13. The number of carbonyl (C=O) groups is 1. The molecule has 0 atom stereocenters. The van der Waals surface area contributed by atoms with E-state index in [1.165, 1.54) is 12.1 Å². The van der Waals surface area contributed by atoms with Gasteiger partial charge in [-0.3, -0.25) is 4.57 Å². The van der Waals surface area contributed by atoms with Crippen LogP contribution in [-0.4, -0.2) is 25.7 Å². The SMILES string of the molecule is O=C(O)c1ccc2c(c1)ncn2-c1cccc(O)c1. The van der Waals surface area contributed by atoms with E-state index in [0.717, 1.165) is 11.2 Å². The normalized spacial score (nSPS) is 10.7. The van der Waals surface area contributed by atoms with E-state index in [1.807, 2.05) is 6.07 Å². The van der Waals surface area contributed by atoms with Crippen molar-refractivity contribution in [2.24, 2.45) is 0 Å². The van der Waals surface area contributed by atoms with Crippen LogP contribution in [0.3, 0.4) is 0 Å². The van der Waals surface area contributed by atoms with E-state index in [9.17, 15) is 9.90 Å². The zero-order valence-corrected chi connectivity index (χ0v) is 9.82. The molecule has 94 valence electrons. The fourth-order valence-corrected chi connectivity index (χ4v) is 1.99. The predicted octanol–water partition coefficient (Wildman–Crippen LogP) is 2.43. The molecule has 0 spiro atoms. The third kappa shape index (κ3) is 1.91. The number of carboxylic acid groups (broad SMARTS) is 1. The molecule has 2 N–H and O–H groups in total. The topological polar surface area (TPSA) is 75.3 Å². The minimum Gasteiger partial charge on any atom is -0.508 e. The number of phenols is 1. The average Bonchev–Trinajstić information content (AvgIpc) is 2.81. The number of hydrogen-bond acceptors (Lipinski definition) is 3. The molecule has 0 bridgehead atoms. The summed E-state index contributed by atoms with van der Waals surface area (Å²) in [6.07, 6.45) is 1.60. The Bertz CT molecular complexity index is 777. The summed E-state index contributed by atoms with van der Waals surface area (Å²) in [6, 6.07) is 11.5. The molecule has 0 aliphatic rings. The first kappa shape index (κ1) is 11.3. The van der Waals surface area contributed by atoms with Gasteiger partial charge in [-0.2, -0.15) is 0 Å². The summed E-state index contributed by atoms with van der Waals surface area (Å²) >= 11 is 0.